The number of anilines is 1. The van der Waals surface area contributed by atoms with Crippen LogP contribution in [0.5, 0.6) is 0 Å². The van der Waals surface area contributed by atoms with E-state index in [1.54, 1.807) is 6.33 Å². The van der Waals surface area contributed by atoms with Crippen LogP contribution in [0, 0.1) is 0 Å². The van der Waals surface area contributed by atoms with Crippen LogP contribution < -0.4 is 10.6 Å². The summed E-state index contributed by atoms with van der Waals surface area (Å²) in [7, 11) is 0. The average molecular weight is 337 g/mol. The SMILES string of the molecule is CCn1cnnc1-c1cccc(NC(=O)c2n[nH]c3c2CNCC3)c1. The number of aromatic nitrogens is 5. The summed E-state index contributed by atoms with van der Waals surface area (Å²) >= 11 is 0. The highest BCUT2D eigenvalue weighted by Crippen LogP contribution is 2.22. The number of hydrogen-bond acceptors (Lipinski definition) is 5. The number of nitrogens with zero attached hydrogens (tertiary/aromatic N) is 4. The molecule has 0 spiro atoms. The van der Waals surface area contributed by atoms with Crippen LogP contribution >= 0.6 is 0 Å². The lowest BCUT2D eigenvalue weighted by Gasteiger charge is -2.13. The molecule has 1 aliphatic rings. The summed E-state index contributed by atoms with van der Waals surface area (Å²) in [4.78, 5) is 12.6. The highest BCUT2D eigenvalue weighted by molar-refractivity contribution is 6.04. The number of carbonyl (C=O) groups is 1. The predicted octanol–water partition coefficient (Wildman–Crippen LogP) is 1.59. The first-order valence-electron chi connectivity index (χ1n) is 8.32. The van der Waals surface area contributed by atoms with Crippen LogP contribution in [0.3, 0.4) is 0 Å². The normalized spacial score (nSPS) is 13.5. The number of aromatic amines is 1. The number of aryl methyl sites for hydroxylation is 1. The number of rotatable bonds is 4. The molecule has 3 N–H and O–H groups in total. The van der Waals surface area contributed by atoms with E-state index in [9.17, 15) is 4.79 Å². The van der Waals surface area contributed by atoms with Crippen molar-refractivity contribution in [3.63, 3.8) is 0 Å². The monoisotopic (exact) mass is 337 g/mol. The zero-order valence-corrected chi connectivity index (χ0v) is 13.9. The molecule has 0 unspecified atom stereocenters. The average Bonchev–Trinajstić information content (AvgIpc) is 3.28. The molecular weight excluding hydrogens is 318 g/mol. The largest absolute Gasteiger partial charge is 0.321 e. The standard InChI is InChI=1S/C17H19N7O/c1-2-24-10-19-23-16(24)11-4-3-5-12(8-11)20-17(25)15-13-9-18-7-6-14(13)21-22-15/h3-5,8,10,18H,2,6-7,9H2,1H3,(H,20,25)(H,21,22). The minimum atomic E-state index is -0.213. The second-order valence-electron chi connectivity index (χ2n) is 5.93. The Morgan fingerprint density at radius 3 is 3.20 bits per heavy atom. The van der Waals surface area contributed by atoms with Crippen LogP contribution in [0.4, 0.5) is 5.69 Å². The van der Waals surface area contributed by atoms with E-state index in [2.05, 4.69) is 31.0 Å². The summed E-state index contributed by atoms with van der Waals surface area (Å²) in [5, 5.41) is 21.5. The van der Waals surface area contributed by atoms with Crippen molar-refractivity contribution in [2.75, 3.05) is 11.9 Å². The molecule has 2 aromatic heterocycles. The van der Waals surface area contributed by atoms with Crippen molar-refractivity contribution in [2.24, 2.45) is 0 Å². The van der Waals surface area contributed by atoms with Gasteiger partial charge in [-0.15, -0.1) is 10.2 Å². The van der Waals surface area contributed by atoms with E-state index < -0.39 is 0 Å². The molecule has 3 heterocycles. The lowest BCUT2D eigenvalue weighted by molar-refractivity contribution is 0.102. The fourth-order valence-corrected chi connectivity index (χ4v) is 3.05. The number of benzene rings is 1. The van der Waals surface area contributed by atoms with Gasteiger partial charge in [-0.3, -0.25) is 9.89 Å². The molecule has 8 nitrogen and oxygen atoms in total. The minimum Gasteiger partial charge on any atom is -0.321 e. The molecular formula is C17H19N7O. The molecule has 0 saturated heterocycles. The van der Waals surface area contributed by atoms with Crippen LogP contribution in [-0.4, -0.2) is 37.4 Å². The van der Waals surface area contributed by atoms with Gasteiger partial charge in [0.25, 0.3) is 5.91 Å². The number of fused-ring (bicyclic) bond motifs is 1. The fourth-order valence-electron chi connectivity index (χ4n) is 3.05. The van der Waals surface area contributed by atoms with Crippen molar-refractivity contribution in [1.29, 1.82) is 0 Å². The van der Waals surface area contributed by atoms with Crippen molar-refractivity contribution >= 4 is 11.6 Å². The fraction of sp³-hybridized carbons (Fsp3) is 0.294. The lowest BCUT2D eigenvalue weighted by Crippen LogP contribution is -2.25. The van der Waals surface area contributed by atoms with Gasteiger partial charge in [0.2, 0.25) is 0 Å². The molecule has 0 radical (unpaired) electrons. The first-order valence-corrected chi connectivity index (χ1v) is 8.32. The number of carbonyl (C=O) groups excluding carboxylic acids is 1. The first kappa shape index (κ1) is 15.5. The molecule has 8 heteroatoms. The van der Waals surface area contributed by atoms with Gasteiger partial charge in [-0.25, -0.2) is 0 Å². The summed E-state index contributed by atoms with van der Waals surface area (Å²) in [6.45, 7) is 4.38. The Morgan fingerprint density at radius 1 is 1.40 bits per heavy atom. The number of H-pyrrole nitrogens is 1. The third-order valence-corrected chi connectivity index (χ3v) is 4.36. The van der Waals surface area contributed by atoms with Gasteiger partial charge in [-0.05, 0) is 19.1 Å². The van der Waals surface area contributed by atoms with Crippen LogP contribution in [0.2, 0.25) is 0 Å². The highest BCUT2D eigenvalue weighted by atomic mass is 16.1. The molecule has 25 heavy (non-hydrogen) atoms. The third-order valence-electron chi connectivity index (χ3n) is 4.36. The van der Waals surface area contributed by atoms with Crippen LogP contribution in [0.15, 0.2) is 30.6 Å². The van der Waals surface area contributed by atoms with Gasteiger partial charge in [-0.1, -0.05) is 12.1 Å². The van der Waals surface area contributed by atoms with Crippen LogP contribution in [-0.2, 0) is 19.5 Å². The maximum absolute atomic E-state index is 12.6. The van der Waals surface area contributed by atoms with Gasteiger partial charge in [-0.2, -0.15) is 5.10 Å². The molecule has 4 rings (SSSR count). The summed E-state index contributed by atoms with van der Waals surface area (Å²) in [6, 6.07) is 7.59. The Kier molecular flexibility index (Phi) is 4.02. The van der Waals surface area contributed by atoms with E-state index in [0.717, 1.165) is 42.2 Å². The summed E-state index contributed by atoms with van der Waals surface area (Å²) < 4.78 is 1.96. The van der Waals surface area contributed by atoms with E-state index in [1.165, 1.54) is 0 Å². The predicted molar refractivity (Wildman–Crippen MR) is 93.1 cm³/mol. The van der Waals surface area contributed by atoms with E-state index in [0.29, 0.717) is 17.9 Å². The maximum Gasteiger partial charge on any atom is 0.276 e. The smallest absolute Gasteiger partial charge is 0.276 e. The van der Waals surface area contributed by atoms with Crippen molar-refractivity contribution in [3.8, 4) is 11.4 Å². The van der Waals surface area contributed by atoms with Crippen molar-refractivity contribution in [1.82, 2.24) is 30.3 Å². The van der Waals surface area contributed by atoms with Gasteiger partial charge in [0.05, 0.1) is 0 Å². The van der Waals surface area contributed by atoms with Crippen LogP contribution in [0.1, 0.15) is 28.7 Å². The summed E-state index contributed by atoms with van der Waals surface area (Å²) in [5.74, 6) is 0.565. The molecule has 0 bridgehead atoms. The number of nitrogens with one attached hydrogen (secondary N) is 3. The third kappa shape index (κ3) is 2.91. The Morgan fingerprint density at radius 2 is 2.32 bits per heavy atom. The topological polar surface area (TPSA) is 101 Å². The maximum atomic E-state index is 12.6. The second kappa shape index (κ2) is 6.48. The molecule has 1 aromatic carbocycles. The van der Waals surface area contributed by atoms with Gasteiger partial charge < -0.3 is 15.2 Å². The van der Waals surface area contributed by atoms with Gasteiger partial charge in [0, 0.05) is 48.6 Å². The van der Waals surface area contributed by atoms with E-state index >= 15 is 0 Å². The molecule has 0 atom stereocenters. The Balaban J connectivity index is 1.58. The summed E-state index contributed by atoms with van der Waals surface area (Å²) in [6.07, 6.45) is 2.56. The first-order chi connectivity index (χ1) is 12.3. The van der Waals surface area contributed by atoms with E-state index in [1.807, 2.05) is 35.8 Å². The molecule has 0 saturated carbocycles. The second-order valence-corrected chi connectivity index (χ2v) is 5.93. The Hall–Kier alpha value is -3.00. The van der Waals surface area contributed by atoms with Gasteiger partial charge >= 0.3 is 0 Å². The van der Waals surface area contributed by atoms with E-state index in [-0.39, 0.29) is 5.91 Å². The molecule has 0 aliphatic carbocycles. The zero-order chi connectivity index (χ0) is 17.2. The highest BCUT2D eigenvalue weighted by Gasteiger charge is 2.21. The Labute approximate surface area is 144 Å². The van der Waals surface area contributed by atoms with Crippen molar-refractivity contribution in [2.45, 2.75) is 26.4 Å². The molecule has 1 amide bonds. The lowest BCUT2D eigenvalue weighted by atomic mass is 10.1. The zero-order valence-electron chi connectivity index (χ0n) is 13.9. The van der Waals surface area contributed by atoms with Crippen LogP contribution in [0.25, 0.3) is 11.4 Å². The van der Waals surface area contributed by atoms with Gasteiger partial charge in [0.1, 0.15) is 6.33 Å². The summed E-state index contributed by atoms with van der Waals surface area (Å²) in [5.41, 5.74) is 4.04. The molecule has 3 aromatic rings. The molecule has 0 fully saturated rings. The number of amides is 1. The molecule has 128 valence electrons. The quantitative estimate of drug-likeness (QED) is 0.671. The van der Waals surface area contributed by atoms with Crippen molar-refractivity contribution < 1.29 is 4.79 Å². The minimum absolute atomic E-state index is 0.213. The molecule has 1 aliphatic heterocycles. The Bertz CT molecular complexity index is 911. The van der Waals surface area contributed by atoms with E-state index in [4.69, 9.17) is 0 Å². The van der Waals surface area contributed by atoms with Crippen molar-refractivity contribution in [3.05, 3.63) is 47.5 Å². The number of hydrogen-bond donors (Lipinski definition) is 3. The van der Waals surface area contributed by atoms with Gasteiger partial charge in [0.15, 0.2) is 11.5 Å².